The first kappa shape index (κ1) is 15.7. The number of rotatable bonds is 6. The van der Waals surface area contributed by atoms with Crippen LogP contribution in [0.4, 0.5) is 0 Å². The molecule has 0 aliphatic heterocycles. The molecule has 3 heteroatoms. The minimum Gasteiger partial charge on any atom is -0.310 e. The van der Waals surface area contributed by atoms with Crippen molar-refractivity contribution in [2.24, 2.45) is 0 Å². The van der Waals surface area contributed by atoms with Gasteiger partial charge in [0.05, 0.1) is 0 Å². The average molecular weight is 397 g/mol. The van der Waals surface area contributed by atoms with Gasteiger partial charge < -0.3 is 5.32 Å². The molecule has 1 N–H and O–H groups in total. The highest BCUT2D eigenvalue weighted by atomic mass is 79.9. The third kappa shape index (κ3) is 4.44. The Morgan fingerprint density at radius 2 is 1.80 bits per heavy atom. The van der Waals surface area contributed by atoms with Gasteiger partial charge in [0.2, 0.25) is 0 Å². The van der Waals surface area contributed by atoms with Crippen LogP contribution < -0.4 is 5.32 Å². The molecule has 1 atom stereocenters. The van der Waals surface area contributed by atoms with Gasteiger partial charge >= 0.3 is 0 Å². The van der Waals surface area contributed by atoms with Gasteiger partial charge in [0.15, 0.2) is 0 Å². The minimum absolute atomic E-state index is 0.333. The van der Waals surface area contributed by atoms with E-state index in [1.807, 2.05) is 0 Å². The summed E-state index contributed by atoms with van der Waals surface area (Å²) in [6.07, 6.45) is 2.14. The van der Waals surface area contributed by atoms with E-state index >= 15 is 0 Å². The molecular formula is C17H19Br2N. The summed E-state index contributed by atoms with van der Waals surface area (Å²) in [5.41, 5.74) is 2.67. The van der Waals surface area contributed by atoms with Crippen molar-refractivity contribution in [2.45, 2.75) is 25.8 Å². The van der Waals surface area contributed by atoms with Crippen molar-refractivity contribution < 1.29 is 0 Å². The van der Waals surface area contributed by atoms with Crippen LogP contribution in [0.5, 0.6) is 0 Å². The fraction of sp³-hybridized carbons (Fsp3) is 0.294. The van der Waals surface area contributed by atoms with Crippen molar-refractivity contribution >= 4 is 31.9 Å². The van der Waals surface area contributed by atoms with Crippen molar-refractivity contribution in [3.63, 3.8) is 0 Å². The summed E-state index contributed by atoms with van der Waals surface area (Å²) in [6, 6.07) is 17.4. The Kier molecular flexibility index (Phi) is 6.27. The van der Waals surface area contributed by atoms with E-state index in [0.29, 0.717) is 6.04 Å². The second-order valence-corrected chi connectivity index (χ2v) is 6.63. The van der Waals surface area contributed by atoms with Crippen molar-refractivity contribution in [3.05, 3.63) is 68.6 Å². The predicted octanol–water partition coefficient (Wildman–Crippen LogP) is 5.50. The van der Waals surface area contributed by atoms with E-state index in [0.717, 1.165) is 28.3 Å². The fourth-order valence-electron chi connectivity index (χ4n) is 2.24. The lowest BCUT2D eigenvalue weighted by atomic mass is 9.99. The smallest absolute Gasteiger partial charge is 0.0372 e. The second-order valence-electron chi connectivity index (χ2n) is 4.86. The highest BCUT2D eigenvalue weighted by Crippen LogP contribution is 2.29. The van der Waals surface area contributed by atoms with Crippen LogP contribution in [-0.4, -0.2) is 6.54 Å². The van der Waals surface area contributed by atoms with Gasteiger partial charge in [0, 0.05) is 15.0 Å². The van der Waals surface area contributed by atoms with Crippen LogP contribution in [0.15, 0.2) is 57.5 Å². The Bertz CT molecular complexity index is 540. The summed E-state index contributed by atoms with van der Waals surface area (Å²) in [7, 11) is 0. The van der Waals surface area contributed by atoms with Gasteiger partial charge in [0.25, 0.3) is 0 Å². The molecule has 0 heterocycles. The van der Waals surface area contributed by atoms with Gasteiger partial charge in [0.1, 0.15) is 0 Å². The molecule has 0 aliphatic carbocycles. The van der Waals surface area contributed by atoms with Gasteiger partial charge in [-0.1, -0.05) is 75.2 Å². The summed E-state index contributed by atoms with van der Waals surface area (Å²) in [6.45, 7) is 3.23. The van der Waals surface area contributed by atoms with Crippen molar-refractivity contribution in [3.8, 4) is 0 Å². The van der Waals surface area contributed by atoms with Crippen LogP contribution in [0, 0.1) is 0 Å². The van der Waals surface area contributed by atoms with Crippen LogP contribution in [0.2, 0.25) is 0 Å². The molecule has 106 valence electrons. The van der Waals surface area contributed by atoms with E-state index in [-0.39, 0.29) is 0 Å². The third-order valence-electron chi connectivity index (χ3n) is 3.26. The SMILES string of the molecule is CCCNC(Cc1ccccc1)c1ccc(Br)cc1Br. The highest BCUT2D eigenvalue weighted by molar-refractivity contribution is 9.11. The molecule has 20 heavy (non-hydrogen) atoms. The fourth-order valence-corrected chi connectivity index (χ4v) is 3.57. The quantitative estimate of drug-likeness (QED) is 0.680. The van der Waals surface area contributed by atoms with Crippen LogP contribution >= 0.6 is 31.9 Å². The van der Waals surface area contributed by atoms with E-state index in [1.165, 1.54) is 11.1 Å². The lowest BCUT2D eigenvalue weighted by molar-refractivity contribution is 0.527. The Balaban J connectivity index is 2.22. The second kappa shape index (κ2) is 7.96. The Labute approximate surface area is 138 Å². The molecule has 0 saturated carbocycles. The molecular weight excluding hydrogens is 378 g/mol. The zero-order chi connectivity index (χ0) is 14.4. The molecule has 2 aromatic carbocycles. The summed E-state index contributed by atoms with van der Waals surface area (Å²) in [5.74, 6) is 0. The van der Waals surface area contributed by atoms with Gasteiger partial charge in [-0.05, 0) is 42.6 Å². The molecule has 0 fully saturated rings. The summed E-state index contributed by atoms with van der Waals surface area (Å²) in [5, 5.41) is 3.65. The lowest BCUT2D eigenvalue weighted by Crippen LogP contribution is -2.24. The lowest BCUT2D eigenvalue weighted by Gasteiger charge is -2.21. The standard InChI is InChI=1S/C17H19Br2N/c1-2-10-20-17(11-13-6-4-3-5-7-13)15-9-8-14(18)12-16(15)19/h3-9,12,17,20H,2,10-11H2,1H3. The number of nitrogens with one attached hydrogen (secondary N) is 1. The van der Waals surface area contributed by atoms with Crippen LogP contribution in [0.3, 0.4) is 0 Å². The zero-order valence-corrected chi connectivity index (χ0v) is 14.7. The molecule has 2 rings (SSSR count). The van der Waals surface area contributed by atoms with Gasteiger partial charge in [-0.2, -0.15) is 0 Å². The Morgan fingerprint density at radius 3 is 2.45 bits per heavy atom. The monoisotopic (exact) mass is 395 g/mol. The van der Waals surface area contributed by atoms with Gasteiger partial charge in [-0.3, -0.25) is 0 Å². The summed E-state index contributed by atoms with van der Waals surface area (Å²) >= 11 is 7.20. The van der Waals surface area contributed by atoms with E-state index in [1.54, 1.807) is 0 Å². The number of hydrogen-bond acceptors (Lipinski definition) is 1. The molecule has 0 amide bonds. The Morgan fingerprint density at radius 1 is 1.05 bits per heavy atom. The topological polar surface area (TPSA) is 12.0 Å². The molecule has 0 aromatic heterocycles. The first-order valence-corrected chi connectivity index (χ1v) is 8.51. The van der Waals surface area contributed by atoms with Crippen molar-refractivity contribution in [1.82, 2.24) is 5.32 Å². The molecule has 2 aromatic rings. The molecule has 1 nitrogen and oxygen atoms in total. The molecule has 0 bridgehead atoms. The highest BCUT2D eigenvalue weighted by Gasteiger charge is 2.14. The molecule has 0 aliphatic rings. The number of benzene rings is 2. The van der Waals surface area contributed by atoms with Crippen LogP contribution in [0.25, 0.3) is 0 Å². The number of halogens is 2. The molecule has 0 saturated heterocycles. The summed E-state index contributed by atoms with van der Waals surface area (Å²) in [4.78, 5) is 0. The maximum Gasteiger partial charge on any atom is 0.0372 e. The average Bonchev–Trinajstić information content (AvgIpc) is 2.45. The normalized spacial score (nSPS) is 12.3. The maximum absolute atomic E-state index is 3.68. The van der Waals surface area contributed by atoms with Gasteiger partial charge in [-0.25, -0.2) is 0 Å². The van der Waals surface area contributed by atoms with E-state index in [2.05, 4.69) is 92.6 Å². The number of hydrogen-bond donors (Lipinski definition) is 1. The molecule has 0 spiro atoms. The molecule has 1 unspecified atom stereocenters. The third-order valence-corrected chi connectivity index (χ3v) is 4.44. The Hall–Kier alpha value is -0.640. The first-order chi connectivity index (χ1) is 9.70. The maximum atomic E-state index is 3.68. The van der Waals surface area contributed by atoms with Crippen molar-refractivity contribution in [1.29, 1.82) is 0 Å². The van der Waals surface area contributed by atoms with Crippen molar-refractivity contribution in [2.75, 3.05) is 6.54 Å². The molecule has 0 radical (unpaired) electrons. The van der Waals surface area contributed by atoms with E-state index < -0.39 is 0 Å². The zero-order valence-electron chi connectivity index (χ0n) is 11.6. The first-order valence-electron chi connectivity index (χ1n) is 6.93. The summed E-state index contributed by atoms with van der Waals surface area (Å²) < 4.78 is 2.25. The van der Waals surface area contributed by atoms with Crippen LogP contribution in [-0.2, 0) is 6.42 Å². The van der Waals surface area contributed by atoms with Crippen LogP contribution in [0.1, 0.15) is 30.5 Å². The minimum atomic E-state index is 0.333. The van der Waals surface area contributed by atoms with E-state index in [9.17, 15) is 0 Å². The largest absolute Gasteiger partial charge is 0.310 e. The van der Waals surface area contributed by atoms with E-state index in [4.69, 9.17) is 0 Å². The predicted molar refractivity (Wildman–Crippen MR) is 93.0 cm³/mol. The van der Waals surface area contributed by atoms with Gasteiger partial charge in [-0.15, -0.1) is 0 Å².